The van der Waals surface area contributed by atoms with Crippen LogP contribution in [0.2, 0.25) is 0 Å². The number of nitrogens with zero attached hydrogens (tertiary/aromatic N) is 1. The molecule has 1 amide bonds. The number of benzene rings is 2. The minimum absolute atomic E-state index is 0.00369. The SMILES string of the molecule is CO[C@H]1CC[C@@](OC)(c2cc(F)cc(SCc3ccc(N(C)C(C)=O)cc3)c2)CC1. The standard InChI is InChI=1S/C24H30FNO3S/c1-17(27)26(2)21-7-5-18(6-8-21)16-30-23-14-19(13-20(25)15-23)24(29-4)11-9-22(28-3)10-12-24/h5-8,13-15,22H,9-12,16H2,1-4H3/t22-,24-. The second-order valence-corrected chi connectivity index (χ2v) is 8.89. The molecular weight excluding hydrogens is 401 g/mol. The van der Waals surface area contributed by atoms with Crippen molar-refractivity contribution in [3.63, 3.8) is 0 Å². The van der Waals surface area contributed by atoms with Crippen LogP contribution in [-0.2, 0) is 25.6 Å². The van der Waals surface area contributed by atoms with Gasteiger partial charge >= 0.3 is 0 Å². The lowest BCUT2D eigenvalue weighted by Gasteiger charge is -2.39. The Labute approximate surface area is 182 Å². The van der Waals surface area contributed by atoms with Gasteiger partial charge in [-0.15, -0.1) is 11.8 Å². The van der Waals surface area contributed by atoms with E-state index in [1.54, 1.807) is 57.0 Å². The molecule has 30 heavy (non-hydrogen) atoms. The van der Waals surface area contributed by atoms with E-state index in [9.17, 15) is 9.18 Å². The molecule has 0 aliphatic heterocycles. The first kappa shape index (κ1) is 22.8. The number of methoxy groups -OCH3 is 2. The minimum Gasteiger partial charge on any atom is -0.381 e. The lowest BCUT2D eigenvalue weighted by Crippen LogP contribution is -2.36. The molecule has 0 bridgehead atoms. The summed E-state index contributed by atoms with van der Waals surface area (Å²) in [4.78, 5) is 14.0. The molecule has 0 unspecified atom stereocenters. The van der Waals surface area contributed by atoms with E-state index in [-0.39, 0.29) is 17.8 Å². The van der Waals surface area contributed by atoms with Crippen LogP contribution in [0.3, 0.4) is 0 Å². The molecule has 4 nitrogen and oxygen atoms in total. The number of halogens is 1. The predicted molar refractivity (Wildman–Crippen MR) is 119 cm³/mol. The maximum absolute atomic E-state index is 14.4. The molecule has 0 radical (unpaired) electrons. The second-order valence-electron chi connectivity index (χ2n) is 7.84. The van der Waals surface area contributed by atoms with Crippen LogP contribution < -0.4 is 4.90 Å². The fraction of sp³-hybridized carbons (Fsp3) is 0.458. The van der Waals surface area contributed by atoms with Gasteiger partial charge in [0.15, 0.2) is 0 Å². The Kier molecular flexibility index (Phi) is 7.55. The Balaban J connectivity index is 1.72. The molecule has 0 N–H and O–H groups in total. The summed E-state index contributed by atoms with van der Waals surface area (Å²) < 4.78 is 25.8. The normalized spacial score (nSPS) is 21.4. The third-order valence-electron chi connectivity index (χ3n) is 6.06. The van der Waals surface area contributed by atoms with E-state index in [1.807, 2.05) is 24.3 Å². The number of hydrogen-bond acceptors (Lipinski definition) is 4. The van der Waals surface area contributed by atoms with Crippen molar-refractivity contribution in [1.29, 1.82) is 0 Å². The third kappa shape index (κ3) is 5.23. The quantitative estimate of drug-likeness (QED) is 0.540. The maximum atomic E-state index is 14.4. The Hall–Kier alpha value is -1.89. The Morgan fingerprint density at radius 2 is 1.83 bits per heavy atom. The average Bonchev–Trinajstić information content (AvgIpc) is 2.77. The van der Waals surface area contributed by atoms with Crippen molar-refractivity contribution in [1.82, 2.24) is 0 Å². The lowest BCUT2D eigenvalue weighted by molar-refractivity contribution is -0.116. The van der Waals surface area contributed by atoms with Crippen molar-refractivity contribution in [2.24, 2.45) is 0 Å². The molecule has 162 valence electrons. The van der Waals surface area contributed by atoms with E-state index >= 15 is 0 Å². The van der Waals surface area contributed by atoms with Gasteiger partial charge in [-0.2, -0.15) is 0 Å². The lowest BCUT2D eigenvalue weighted by atomic mass is 9.78. The molecule has 0 heterocycles. The molecule has 1 aliphatic rings. The number of ether oxygens (including phenoxy) is 2. The van der Waals surface area contributed by atoms with Crippen LogP contribution in [0, 0.1) is 5.82 Å². The maximum Gasteiger partial charge on any atom is 0.223 e. The van der Waals surface area contributed by atoms with E-state index < -0.39 is 5.60 Å². The fourth-order valence-corrected chi connectivity index (χ4v) is 4.91. The van der Waals surface area contributed by atoms with Gasteiger partial charge in [-0.3, -0.25) is 4.79 Å². The minimum atomic E-state index is -0.453. The number of anilines is 1. The summed E-state index contributed by atoms with van der Waals surface area (Å²) in [5.41, 5.74) is 2.43. The third-order valence-corrected chi connectivity index (χ3v) is 7.11. The van der Waals surface area contributed by atoms with E-state index in [4.69, 9.17) is 9.47 Å². The smallest absolute Gasteiger partial charge is 0.223 e. The highest BCUT2D eigenvalue weighted by Crippen LogP contribution is 2.42. The predicted octanol–water partition coefficient (Wildman–Crippen LogP) is 5.53. The number of amides is 1. The van der Waals surface area contributed by atoms with Crippen molar-refractivity contribution in [2.45, 2.75) is 55.0 Å². The number of rotatable bonds is 7. The number of carbonyl (C=O) groups excluding carboxylic acids is 1. The first-order valence-corrected chi connectivity index (χ1v) is 11.2. The van der Waals surface area contributed by atoms with Crippen LogP contribution >= 0.6 is 11.8 Å². The van der Waals surface area contributed by atoms with Crippen molar-refractivity contribution < 1.29 is 18.7 Å². The number of carbonyl (C=O) groups is 1. The highest BCUT2D eigenvalue weighted by atomic mass is 32.2. The summed E-state index contributed by atoms with van der Waals surface area (Å²) >= 11 is 1.60. The van der Waals surface area contributed by atoms with Crippen LogP contribution in [0.4, 0.5) is 10.1 Å². The molecule has 3 rings (SSSR count). The summed E-state index contributed by atoms with van der Waals surface area (Å²) in [6.07, 6.45) is 3.71. The molecule has 2 aromatic rings. The van der Waals surface area contributed by atoms with Crippen LogP contribution in [0.5, 0.6) is 0 Å². The molecule has 0 spiro atoms. The number of hydrogen-bond donors (Lipinski definition) is 0. The van der Waals surface area contributed by atoms with Crippen molar-refractivity contribution in [3.8, 4) is 0 Å². The average molecular weight is 432 g/mol. The Morgan fingerprint density at radius 1 is 1.17 bits per heavy atom. The molecule has 1 aliphatic carbocycles. The van der Waals surface area contributed by atoms with Gasteiger partial charge in [-0.1, -0.05) is 12.1 Å². The summed E-state index contributed by atoms with van der Waals surface area (Å²) in [7, 11) is 5.21. The zero-order valence-electron chi connectivity index (χ0n) is 18.1. The van der Waals surface area contributed by atoms with Gasteiger partial charge in [0.05, 0.1) is 11.7 Å². The van der Waals surface area contributed by atoms with Gasteiger partial charge in [-0.25, -0.2) is 4.39 Å². The monoisotopic (exact) mass is 431 g/mol. The molecule has 2 aromatic carbocycles. The molecule has 0 atom stereocenters. The molecule has 0 saturated heterocycles. The Bertz CT molecular complexity index is 863. The summed E-state index contributed by atoms with van der Waals surface area (Å²) in [5.74, 6) is 0.480. The van der Waals surface area contributed by atoms with Gasteiger partial charge in [0.2, 0.25) is 5.91 Å². The fourth-order valence-electron chi connectivity index (χ4n) is 3.98. The summed E-state index contributed by atoms with van der Waals surface area (Å²) in [6, 6.07) is 13.1. The van der Waals surface area contributed by atoms with Gasteiger partial charge in [0.25, 0.3) is 0 Å². The molecular formula is C24H30FNO3S. The first-order chi connectivity index (χ1) is 14.4. The van der Waals surface area contributed by atoms with Gasteiger partial charge in [0.1, 0.15) is 5.82 Å². The largest absolute Gasteiger partial charge is 0.381 e. The highest BCUT2D eigenvalue weighted by Gasteiger charge is 2.37. The van der Waals surface area contributed by atoms with Gasteiger partial charge < -0.3 is 14.4 Å². The molecule has 1 fully saturated rings. The van der Waals surface area contributed by atoms with Gasteiger partial charge in [-0.05, 0) is 67.1 Å². The van der Waals surface area contributed by atoms with E-state index in [2.05, 4.69) is 6.07 Å². The molecule has 6 heteroatoms. The van der Waals surface area contributed by atoms with Gasteiger partial charge in [0, 0.05) is 44.5 Å². The first-order valence-electron chi connectivity index (χ1n) is 10.2. The van der Waals surface area contributed by atoms with Crippen LogP contribution in [0.1, 0.15) is 43.7 Å². The van der Waals surface area contributed by atoms with Crippen LogP contribution in [0.25, 0.3) is 0 Å². The van der Waals surface area contributed by atoms with Crippen LogP contribution in [-0.4, -0.2) is 33.3 Å². The van der Waals surface area contributed by atoms with E-state index in [1.165, 1.54) is 0 Å². The zero-order chi connectivity index (χ0) is 21.7. The van der Waals surface area contributed by atoms with Crippen molar-refractivity contribution in [3.05, 3.63) is 59.4 Å². The van der Waals surface area contributed by atoms with E-state index in [0.717, 1.165) is 53.1 Å². The highest BCUT2D eigenvalue weighted by molar-refractivity contribution is 7.98. The summed E-state index contributed by atoms with van der Waals surface area (Å²) in [5, 5.41) is 0. The molecule has 1 saturated carbocycles. The van der Waals surface area contributed by atoms with Crippen molar-refractivity contribution in [2.75, 3.05) is 26.2 Å². The zero-order valence-corrected chi connectivity index (χ0v) is 18.9. The Morgan fingerprint density at radius 3 is 2.40 bits per heavy atom. The second kappa shape index (κ2) is 9.94. The summed E-state index contributed by atoms with van der Waals surface area (Å²) in [6.45, 7) is 1.54. The molecule has 0 aromatic heterocycles. The number of thioether (sulfide) groups is 1. The van der Waals surface area contributed by atoms with Crippen LogP contribution in [0.15, 0.2) is 47.4 Å². The topological polar surface area (TPSA) is 38.8 Å². The van der Waals surface area contributed by atoms with E-state index in [0.29, 0.717) is 0 Å². The van der Waals surface area contributed by atoms with Crippen molar-refractivity contribution >= 4 is 23.4 Å².